The number of hydrogen-bond acceptors (Lipinski definition) is 7. The van der Waals surface area contributed by atoms with Crippen LogP contribution < -0.4 is 16.6 Å². The first-order valence-electron chi connectivity index (χ1n) is 6.22. The fraction of sp³-hybridized carbons (Fsp3) is 0.667. The number of hydrogen-bond donors (Lipinski definition) is 3. The largest absolute Gasteiger partial charge is 0.377 e. The Balaban J connectivity index is 2.76. The van der Waals surface area contributed by atoms with Crippen molar-refractivity contribution in [3.05, 3.63) is 11.9 Å². The second kappa shape index (κ2) is 7.22. The molecule has 7 nitrogen and oxygen atoms in total. The summed E-state index contributed by atoms with van der Waals surface area (Å²) in [5.41, 5.74) is 2.24. The van der Waals surface area contributed by atoms with Crippen LogP contribution in [0.25, 0.3) is 0 Å². The third-order valence-electron chi connectivity index (χ3n) is 2.60. The molecule has 0 fully saturated rings. The third-order valence-corrected chi connectivity index (χ3v) is 2.60. The van der Waals surface area contributed by atoms with Crippen LogP contribution in [0.2, 0.25) is 0 Å². The van der Waals surface area contributed by atoms with Gasteiger partial charge in [0.05, 0.1) is 5.60 Å². The van der Waals surface area contributed by atoms with Crippen LogP contribution in [0.1, 0.15) is 26.6 Å². The molecule has 0 aliphatic rings. The minimum absolute atomic E-state index is 0.276. The van der Waals surface area contributed by atoms with Crippen LogP contribution in [0.4, 0.5) is 11.6 Å². The number of aromatic nitrogens is 2. The number of nitrogen functional groups attached to an aromatic ring is 1. The van der Waals surface area contributed by atoms with Crippen molar-refractivity contribution >= 4 is 11.6 Å². The van der Waals surface area contributed by atoms with Gasteiger partial charge in [0.2, 0.25) is 0 Å². The van der Waals surface area contributed by atoms with Crippen LogP contribution in [-0.2, 0) is 16.1 Å². The molecule has 0 atom stereocenters. The van der Waals surface area contributed by atoms with Gasteiger partial charge in [0, 0.05) is 26.3 Å². The van der Waals surface area contributed by atoms with E-state index in [0.717, 1.165) is 0 Å². The van der Waals surface area contributed by atoms with Gasteiger partial charge in [-0.3, -0.25) is 0 Å². The molecule has 0 amide bonds. The molecule has 0 bridgehead atoms. The smallest absolute Gasteiger partial charge is 0.158 e. The Hall–Kier alpha value is -1.44. The van der Waals surface area contributed by atoms with E-state index >= 15 is 0 Å². The second-order valence-corrected chi connectivity index (χ2v) is 4.65. The van der Waals surface area contributed by atoms with Crippen LogP contribution in [0, 0.1) is 0 Å². The first kappa shape index (κ1) is 15.6. The predicted octanol–water partition coefficient (Wildman–Crippen LogP) is 1.14. The summed E-state index contributed by atoms with van der Waals surface area (Å²) in [5, 5.41) is 3.20. The number of ether oxygens (including phenoxy) is 2. The highest BCUT2D eigenvalue weighted by molar-refractivity contribution is 5.47. The molecule has 0 saturated carbocycles. The Morgan fingerprint density at radius 3 is 2.58 bits per heavy atom. The number of methoxy groups -OCH3 is 1. The number of nitrogens with one attached hydrogen (secondary N) is 2. The number of rotatable bonds is 8. The minimum Gasteiger partial charge on any atom is -0.377 e. The van der Waals surface area contributed by atoms with Crippen LogP contribution in [0.5, 0.6) is 0 Å². The maximum Gasteiger partial charge on any atom is 0.158 e. The highest BCUT2D eigenvalue weighted by atomic mass is 16.5. The molecule has 0 saturated heterocycles. The van der Waals surface area contributed by atoms with E-state index in [4.69, 9.17) is 15.3 Å². The van der Waals surface area contributed by atoms with E-state index in [2.05, 4.69) is 20.7 Å². The first-order chi connectivity index (χ1) is 9.00. The Morgan fingerprint density at radius 1 is 1.32 bits per heavy atom. The molecule has 0 unspecified atom stereocenters. The lowest BCUT2D eigenvalue weighted by Gasteiger charge is -2.23. The highest BCUT2D eigenvalue weighted by Gasteiger charge is 2.16. The SMILES string of the molecule is CCOCc1nc(NN)cc(NCC(C)(C)OC)n1. The molecular weight excluding hydrogens is 246 g/mol. The number of nitrogens with two attached hydrogens (primary N) is 1. The van der Waals surface area contributed by atoms with Crippen molar-refractivity contribution in [2.24, 2.45) is 5.84 Å². The second-order valence-electron chi connectivity index (χ2n) is 4.65. The van der Waals surface area contributed by atoms with Gasteiger partial charge in [0.1, 0.15) is 18.2 Å². The summed E-state index contributed by atoms with van der Waals surface area (Å²) in [6.45, 7) is 7.50. The summed E-state index contributed by atoms with van der Waals surface area (Å²) in [6, 6.07) is 1.74. The van der Waals surface area contributed by atoms with E-state index in [9.17, 15) is 0 Å². The van der Waals surface area contributed by atoms with E-state index in [1.165, 1.54) is 0 Å². The van der Waals surface area contributed by atoms with Crippen molar-refractivity contribution in [3.8, 4) is 0 Å². The molecule has 0 aromatic carbocycles. The zero-order valence-corrected chi connectivity index (χ0v) is 12.0. The number of nitrogens with zero attached hydrogens (tertiary/aromatic N) is 2. The summed E-state index contributed by atoms with van der Waals surface area (Å²) in [5.74, 6) is 7.20. The van der Waals surface area contributed by atoms with E-state index in [1.54, 1.807) is 13.2 Å². The summed E-state index contributed by atoms with van der Waals surface area (Å²) in [6.07, 6.45) is 0. The lowest BCUT2D eigenvalue weighted by Crippen LogP contribution is -2.32. The molecule has 19 heavy (non-hydrogen) atoms. The van der Waals surface area contributed by atoms with Gasteiger partial charge in [-0.1, -0.05) is 0 Å². The zero-order valence-electron chi connectivity index (χ0n) is 12.0. The molecule has 1 heterocycles. The third kappa shape index (κ3) is 5.37. The molecule has 1 rings (SSSR count). The quantitative estimate of drug-likeness (QED) is 0.481. The van der Waals surface area contributed by atoms with Crippen molar-refractivity contribution in [2.45, 2.75) is 33.0 Å². The van der Waals surface area contributed by atoms with Crippen molar-refractivity contribution in [1.82, 2.24) is 9.97 Å². The molecule has 0 spiro atoms. The molecular formula is C12H23N5O2. The van der Waals surface area contributed by atoms with Gasteiger partial charge in [0.25, 0.3) is 0 Å². The van der Waals surface area contributed by atoms with E-state index < -0.39 is 0 Å². The normalized spacial score (nSPS) is 11.4. The lowest BCUT2D eigenvalue weighted by molar-refractivity contribution is 0.0343. The summed E-state index contributed by atoms with van der Waals surface area (Å²) >= 11 is 0. The van der Waals surface area contributed by atoms with E-state index in [1.807, 2.05) is 20.8 Å². The van der Waals surface area contributed by atoms with Crippen LogP contribution in [0.3, 0.4) is 0 Å². The van der Waals surface area contributed by atoms with E-state index in [-0.39, 0.29) is 5.60 Å². The van der Waals surface area contributed by atoms with Crippen LogP contribution >= 0.6 is 0 Å². The molecule has 108 valence electrons. The topological polar surface area (TPSA) is 94.3 Å². The zero-order chi connectivity index (χ0) is 14.3. The Morgan fingerprint density at radius 2 is 2.00 bits per heavy atom. The van der Waals surface area contributed by atoms with Gasteiger partial charge in [-0.2, -0.15) is 0 Å². The van der Waals surface area contributed by atoms with Gasteiger partial charge < -0.3 is 20.2 Å². The molecule has 0 aliphatic carbocycles. The lowest BCUT2D eigenvalue weighted by atomic mass is 10.1. The van der Waals surface area contributed by atoms with Crippen molar-refractivity contribution in [2.75, 3.05) is 31.0 Å². The molecule has 4 N–H and O–H groups in total. The van der Waals surface area contributed by atoms with Crippen LogP contribution in [-0.4, -0.2) is 35.8 Å². The fourth-order valence-corrected chi connectivity index (χ4v) is 1.30. The fourth-order valence-electron chi connectivity index (χ4n) is 1.30. The van der Waals surface area contributed by atoms with Gasteiger partial charge in [-0.05, 0) is 20.8 Å². The standard InChI is InChI=1S/C12H23N5O2/c1-5-19-7-11-15-9(6-10(16-11)17-13)14-8-12(2,3)18-4/h6H,5,7-8,13H2,1-4H3,(H2,14,15,16,17). The monoisotopic (exact) mass is 269 g/mol. The van der Waals surface area contributed by atoms with Gasteiger partial charge in [-0.15, -0.1) is 0 Å². The van der Waals surface area contributed by atoms with Crippen molar-refractivity contribution in [1.29, 1.82) is 0 Å². The average molecular weight is 269 g/mol. The molecule has 1 aromatic heterocycles. The summed E-state index contributed by atoms with van der Waals surface area (Å²) in [7, 11) is 1.68. The maximum absolute atomic E-state index is 5.39. The number of anilines is 2. The summed E-state index contributed by atoms with van der Waals surface area (Å²) < 4.78 is 10.6. The van der Waals surface area contributed by atoms with Crippen LogP contribution in [0.15, 0.2) is 6.07 Å². The average Bonchev–Trinajstić information content (AvgIpc) is 2.42. The van der Waals surface area contributed by atoms with E-state index in [0.29, 0.717) is 37.2 Å². The first-order valence-corrected chi connectivity index (χ1v) is 6.22. The minimum atomic E-state index is -0.276. The van der Waals surface area contributed by atoms with Gasteiger partial charge in [-0.25, -0.2) is 15.8 Å². The molecule has 7 heteroatoms. The van der Waals surface area contributed by atoms with Crippen molar-refractivity contribution < 1.29 is 9.47 Å². The Labute approximate surface area is 113 Å². The number of hydrazine groups is 1. The van der Waals surface area contributed by atoms with Gasteiger partial charge in [0.15, 0.2) is 5.82 Å². The summed E-state index contributed by atoms with van der Waals surface area (Å²) in [4.78, 5) is 8.57. The highest BCUT2D eigenvalue weighted by Crippen LogP contribution is 2.14. The molecule has 0 radical (unpaired) electrons. The molecule has 0 aliphatic heterocycles. The van der Waals surface area contributed by atoms with Crippen molar-refractivity contribution in [3.63, 3.8) is 0 Å². The predicted molar refractivity (Wildman–Crippen MR) is 74.7 cm³/mol. The Bertz CT molecular complexity index is 398. The maximum atomic E-state index is 5.39. The van der Waals surface area contributed by atoms with Gasteiger partial charge >= 0.3 is 0 Å². The molecule has 1 aromatic rings. The Kier molecular flexibility index (Phi) is 5.94.